The summed E-state index contributed by atoms with van der Waals surface area (Å²) in [5.74, 6) is 2.17. The number of carbonyl (C=O) groups is 2. The third-order valence-corrected chi connectivity index (χ3v) is 7.67. The fourth-order valence-corrected chi connectivity index (χ4v) is 5.87. The zero-order valence-electron chi connectivity index (χ0n) is 18.2. The van der Waals surface area contributed by atoms with Crippen molar-refractivity contribution in [2.75, 3.05) is 39.6 Å². The number of thioether (sulfide) groups is 1. The molecule has 0 saturated carbocycles. The maximum atomic E-state index is 13.3. The highest BCUT2D eigenvalue weighted by Crippen LogP contribution is 2.44. The Balaban J connectivity index is 1.48. The van der Waals surface area contributed by atoms with Crippen molar-refractivity contribution < 1.29 is 19.1 Å². The first-order valence-corrected chi connectivity index (χ1v) is 11.5. The van der Waals surface area contributed by atoms with Gasteiger partial charge in [0.25, 0.3) is 11.8 Å². The van der Waals surface area contributed by atoms with Crippen molar-refractivity contribution in [1.82, 2.24) is 9.80 Å². The van der Waals surface area contributed by atoms with Crippen molar-refractivity contribution in [1.29, 1.82) is 0 Å². The molecule has 2 aromatic rings. The Labute approximate surface area is 187 Å². The van der Waals surface area contributed by atoms with E-state index in [1.165, 1.54) is 0 Å². The maximum Gasteiger partial charge on any atom is 0.255 e. The average Bonchev–Trinajstić information content (AvgIpc) is 3.20. The Morgan fingerprint density at radius 1 is 0.903 bits per heavy atom. The minimum atomic E-state index is -0.232. The number of rotatable bonds is 4. The SMILES string of the molecule is COc1cc(OC)cc(C(=O)N2CCC3(CC2)SCCN3C(=O)c2cccc(C)c2)c1. The summed E-state index contributed by atoms with van der Waals surface area (Å²) in [6, 6.07) is 13.0. The molecule has 2 saturated heterocycles. The van der Waals surface area contributed by atoms with Crippen LogP contribution in [0.15, 0.2) is 42.5 Å². The number of aryl methyl sites for hydroxylation is 1. The summed E-state index contributed by atoms with van der Waals surface area (Å²) in [7, 11) is 3.15. The molecule has 0 bridgehead atoms. The van der Waals surface area contributed by atoms with Gasteiger partial charge in [0.2, 0.25) is 0 Å². The highest BCUT2D eigenvalue weighted by Gasteiger charge is 2.47. The lowest BCUT2D eigenvalue weighted by molar-refractivity contribution is 0.0497. The Hall–Kier alpha value is -2.67. The molecule has 0 radical (unpaired) electrons. The Morgan fingerprint density at radius 3 is 2.19 bits per heavy atom. The van der Waals surface area contributed by atoms with E-state index in [9.17, 15) is 9.59 Å². The number of hydrogen-bond donors (Lipinski definition) is 0. The summed E-state index contributed by atoms with van der Waals surface area (Å²) >= 11 is 1.85. The van der Waals surface area contributed by atoms with Gasteiger partial charge in [-0.25, -0.2) is 0 Å². The lowest BCUT2D eigenvalue weighted by Crippen LogP contribution is -2.53. The van der Waals surface area contributed by atoms with E-state index in [-0.39, 0.29) is 16.7 Å². The predicted molar refractivity (Wildman–Crippen MR) is 122 cm³/mol. The van der Waals surface area contributed by atoms with Crippen LogP contribution in [0.4, 0.5) is 0 Å². The molecular weight excluding hydrogens is 412 g/mol. The van der Waals surface area contributed by atoms with Gasteiger partial charge in [-0.05, 0) is 44.0 Å². The molecule has 1 spiro atoms. The molecule has 2 aliphatic heterocycles. The van der Waals surface area contributed by atoms with Crippen molar-refractivity contribution in [3.8, 4) is 11.5 Å². The van der Waals surface area contributed by atoms with Gasteiger partial charge >= 0.3 is 0 Å². The molecule has 2 amide bonds. The van der Waals surface area contributed by atoms with Gasteiger partial charge in [0.05, 0.1) is 19.1 Å². The smallest absolute Gasteiger partial charge is 0.255 e. The van der Waals surface area contributed by atoms with Crippen LogP contribution >= 0.6 is 11.8 Å². The van der Waals surface area contributed by atoms with Gasteiger partial charge in [-0.3, -0.25) is 9.59 Å². The van der Waals surface area contributed by atoms with Gasteiger partial charge in [-0.1, -0.05) is 17.7 Å². The number of ether oxygens (including phenoxy) is 2. The number of methoxy groups -OCH3 is 2. The molecule has 0 aliphatic carbocycles. The van der Waals surface area contributed by atoms with Gasteiger partial charge in [0.15, 0.2) is 0 Å². The topological polar surface area (TPSA) is 59.1 Å². The second kappa shape index (κ2) is 8.83. The lowest BCUT2D eigenvalue weighted by atomic mass is 9.99. The summed E-state index contributed by atoms with van der Waals surface area (Å²) in [5, 5.41) is 0. The van der Waals surface area contributed by atoms with Crippen molar-refractivity contribution in [3.05, 3.63) is 59.2 Å². The van der Waals surface area contributed by atoms with E-state index < -0.39 is 0 Å². The van der Waals surface area contributed by atoms with Crippen molar-refractivity contribution >= 4 is 23.6 Å². The Kier molecular flexibility index (Phi) is 6.14. The molecule has 2 aromatic carbocycles. The van der Waals surface area contributed by atoms with Crippen LogP contribution in [-0.2, 0) is 0 Å². The zero-order valence-corrected chi connectivity index (χ0v) is 19.0. The molecule has 0 N–H and O–H groups in total. The van der Waals surface area contributed by atoms with Gasteiger partial charge < -0.3 is 19.3 Å². The average molecular weight is 441 g/mol. The summed E-state index contributed by atoms with van der Waals surface area (Å²) in [4.78, 5) is 30.1. The highest BCUT2D eigenvalue weighted by molar-refractivity contribution is 8.00. The van der Waals surface area contributed by atoms with Crippen molar-refractivity contribution in [2.45, 2.75) is 24.6 Å². The summed E-state index contributed by atoms with van der Waals surface area (Å²) < 4.78 is 10.6. The third-order valence-electron chi connectivity index (χ3n) is 6.12. The number of amides is 2. The minimum Gasteiger partial charge on any atom is -0.497 e. The van der Waals surface area contributed by atoms with Crippen LogP contribution in [-0.4, -0.2) is 66.1 Å². The van der Waals surface area contributed by atoms with Gasteiger partial charge in [-0.2, -0.15) is 0 Å². The largest absolute Gasteiger partial charge is 0.497 e. The number of hydrogen-bond acceptors (Lipinski definition) is 5. The van der Waals surface area contributed by atoms with E-state index in [0.717, 1.165) is 36.3 Å². The molecule has 2 aliphatic rings. The molecule has 7 heteroatoms. The van der Waals surface area contributed by atoms with Crippen molar-refractivity contribution in [3.63, 3.8) is 0 Å². The molecule has 2 heterocycles. The van der Waals surface area contributed by atoms with Crippen LogP contribution in [0.25, 0.3) is 0 Å². The lowest BCUT2D eigenvalue weighted by Gasteiger charge is -2.44. The molecule has 0 aromatic heterocycles. The van der Waals surface area contributed by atoms with Crippen LogP contribution in [0, 0.1) is 6.92 Å². The quantitative estimate of drug-likeness (QED) is 0.723. The number of benzene rings is 2. The molecule has 2 fully saturated rings. The summed E-state index contributed by atoms with van der Waals surface area (Å²) in [5.41, 5.74) is 2.38. The fourth-order valence-electron chi connectivity index (χ4n) is 4.42. The minimum absolute atomic E-state index is 0.0355. The van der Waals surface area contributed by atoms with Gasteiger partial charge in [0.1, 0.15) is 11.5 Å². The molecule has 0 unspecified atom stereocenters. The van der Waals surface area contributed by atoms with E-state index in [4.69, 9.17) is 9.47 Å². The zero-order chi connectivity index (χ0) is 22.0. The highest BCUT2D eigenvalue weighted by atomic mass is 32.2. The molecule has 4 rings (SSSR count). The first kappa shape index (κ1) is 21.6. The number of carbonyl (C=O) groups excluding carboxylic acids is 2. The van der Waals surface area contributed by atoms with E-state index in [1.807, 2.05) is 52.8 Å². The number of piperidine rings is 1. The number of likely N-dealkylation sites (tertiary alicyclic amines) is 1. The summed E-state index contributed by atoms with van der Waals surface area (Å²) in [6.45, 7) is 3.98. The van der Waals surface area contributed by atoms with Crippen LogP contribution in [0.1, 0.15) is 39.1 Å². The van der Waals surface area contributed by atoms with Crippen LogP contribution in [0.2, 0.25) is 0 Å². The van der Waals surface area contributed by atoms with E-state index in [2.05, 4.69) is 0 Å². The van der Waals surface area contributed by atoms with Crippen LogP contribution in [0.3, 0.4) is 0 Å². The second-order valence-corrected chi connectivity index (χ2v) is 9.47. The molecule has 164 valence electrons. The molecular formula is C24H28N2O4S. The fraction of sp³-hybridized carbons (Fsp3) is 0.417. The monoisotopic (exact) mass is 440 g/mol. The normalized spacial score (nSPS) is 17.6. The third kappa shape index (κ3) is 4.24. The van der Waals surface area contributed by atoms with Gasteiger partial charge in [0, 0.05) is 42.6 Å². The summed E-state index contributed by atoms with van der Waals surface area (Å²) in [6.07, 6.45) is 1.53. The molecule has 6 nitrogen and oxygen atoms in total. The standard InChI is InChI=1S/C24H28N2O4S/c1-17-5-4-6-18(13-17)23(28)26-11-12-31-24(26)7-9-25(10-8-24)22(27)19-14-20(29-2)16-21(15-19)30-3/h4-6,13-16H,7-12H2,1-3H3. The van der Waals surface area contributed by atoms with E-state index >= 15 is 0 Å². The first-order valence-electron chi connectivity index (χ1n) is 10.5. The number of nitrogens with zero attached hydrogens (tertiary/aromatic N) is 2. The molecule has 0 atom stereocenters. The first-order chi connectivity index (χ1) is 15.0. The molecule has 31 heavy (non-hydrogen) atoms. The maximum absolute atomic E-state index is 13.3. The van der Waals surface area contributed by atoms with E-state index in [1.54, 1.807) is 32.4 Å². The van der Waals surface area contributed by atoms with Gasteiger partial charge in [-0.15, -0.1) is 11.8 Å². The predicted octanol–water partition coefficient (Wildman–Crippen LogP) is 3.83. The second-order valence-electron chi connectivity index (χ2n) is 8.01. The Morgan fingerprint density at radius 2 is 1.58 bits per heavy atom. The Bertz CT molecular complexity index is 963. The van der Waals surface area contributed by atoms with Crippen LogP contribution in [0.5, 0.6) is 11.5 Å². The van der Waals surface area contributed by atoms with E-state index in [0.29, 0.717) is 30.2 Å². The van der Waals surface area contributed by atoms with Crippen LogP contribution < -0.4 is 9.47 Å². The van der Waals surface area contributed by atoms with Crippen molar-refractivity contribution in [2.24, 2.45) is 0 Å².